The van der Waals surface area contributed by atoms with Crippen molar-refractivity contribution in [3.63, 3.8) is 0 Å². The van der Waals surface area contributed by atoms with Crippen LogP contribution in [0.4, 0.5) is 0 Å². The summed E-state index contributed by atoms with van der Waals surface area (Å²) in [5.41, 5.74) is 0. The van der Waals surface area contributed by atoms with Crippen molar-refractivity contribution in [2.45, 2.75) is 39.2 Å². The molecular weight excluding hydrogens is 260 g/mol. The highest BCUT2D eigenvalue weighted by atomic mass is 16.5. The molecular formula is C14H28N2O4. The molecule has 1 N–H and O–H groups in total. The first kappa shape index (κ1) is 18.9. The maximum absolute atomic E-state index is 11.6. The summed E-state index contributed by atoms with van der Waals surface area (Å²) in [6.45, 7) is 6.30. The summed E-state index contributed by atoms with van der Waals surface area (Å²) in [5, 5.41) is 2.85. The number of nitrogens with one attached hydrogen (secondary N) is 1. The van der Waals surface area contributed by atoms with E-state index >= 15 is 0 Å². The van der Waals surface area contributed by atoms with Crippen molar-refractivity contribution >= 4 is 11.9 Å². The number of hydrogen-bond acceptors (Lipinski definition) is 5. The van der Waals surface area contributed by atoms with Crippen LogP contribution in [0.5, 0.6) is 0 Å². The number of esters is 1. The number of amides is 1. The number of hydrogen-bond donors (Lipinski definition) is 1. The highest BCUT2D eigenvalue weighted by molar-refractivity contribution is 5.77. The molecule has 0 radical (unpaired) electrons. The minimum atomic E-state index is -0.215. The maximum atomic E-state index is 11.6. The second-order valence-electron chi connectivity index (χ2n) is 5.04. The van der Waals surface area contributed by atoms with Gasteiger partial charge in [0.2, 0.25) is 5.91 Å². The molecule has 0 aromatic carbocycles. The van der Waals surface area contributed by atoms with Crippen molar-refractivity contribution in [1.29, 1.82) is 0 Å². The zero-order chi connectivity index (χ0) is 15.4. The highest BCUT2D eigenvalue weighted by Gasteiger charge is 2.07. The average Bonchev–Trinajstić information content (AvgIpc) is 2.37. The van der Waals surface area contributed by atoms with Crippen LogP contribution in [0, 0.1) is 0 Å². The molecule has 6 heteroatoms. The van der Waals surface area contributed by atoms with Gasteiger partial charge >= 0.3 is 5.97 Å². The topological polar surface area (TPSA) is 67.9 Å². The van der Waals surface area contributed by atoms with Crippen LogP contribution in [-0.4, -0.2) is 63.3 Å². The summed E-state index contributed by atoms with van der Waals surface area (Å²) in [6.07, 6.45) is 2.12. The summed E-state index contributed by atoms with van der Waals surface area (Å²) >= 11 is 0. The molecule has 0 saturated heterocycles. The Hall–Kier alpha value is -1.14. The first-order valence-corrected chi connectivity index (χ1v) is 7.09. The Morgan fingerprint density at radius 1 is 1.25 bits per heavy atom. The quantitative estimate of drug-likeness (QED) is 0.450. The van der Waals surface area contributed by atoms with Gasteiger partial charge in [0.25, 0.3) is 0 Å². The Labute approximate surface area is 121 Å². The van der Waals surface area contributed by atoms with Gasteiger partial charge in [-0.2, -0.15) is 0 Å². The van der Waals surface area contributed by atoms with Crippen LogP contribution in [0.3, 0.4) is 0 Å². The first-order chi connectivity index (χ1) is 9.45. The molecule has 118 valence electrons. The molecule has 0 saturated carbocycles. The van der Waals surface area contributed by atoms with Crippen LogP contribution in [0.2, 0.25) is 0 Å². The van der Waals surface area contributed by atoms with Crippen LogP contribution in [0.1, 0.15) is 33.1 Å². The number of carbonyl (C=O) groups excluding carboxylic acids is 2. The fourth-order valence-corrected chi connectivity index (χ4v) is 1.59. The van der Waals surface area contributed by atoms with E-state index < -0.39 is 0 Å². The molecule has 0 atom stereocenters. The molecule has 0 aromatic heterocycles. The van der Waals surface area contributed by atoms with Gasteiger partial charge in [-0.1, -0.05) is 0 Å². The van der Waals surface area contributed by atoms with E-state index in [0.29, 0.717) is 39.1 Å². The molecule has 0 aliphatic carbocycles. The van der Waals surface area contributed by atoms with Crippen LogP contribution in [0.15, 0.2) is 0 Å². The molecule has 0 spiro atoms. The Bertz CT molecular complexity index is 282. The van der Waals surface area contributed by atoms with E-state index in [9.17, 15) is 9.59 Å². The molecule has 0 bridgehead atoms. The number of ether oxygens (including phenoxy) is 2. The number of carbonyl (C=O) groups is 2. The minimum absolute atomic E-state index is 0.00452. The Balaban J connectivity index is 3.52. The smallest absolute Gasteiger partial charge is 0.305 e. The van der Waals surface area contributed by atoms with E-state index in [-0.39, 0.29) is 18.0 Å². The van der Waals surface area contributed by atoms with E-state index in [1.54, 1.807) is 0 Å². The third-order valence-corrected chi connectivity index (χ3v) is 2.66. The maximum Gasteiger partial charge on any atom is 0.305 e. The lowest BCUT2D eigenvalue weighted by Gasteiger charge is -2.16. The third kappa shape index (κ3) is 11.9. The predicted molar refractivity (Wildman–Crippen MR) is 77.5 cm³/mol. The number of methoxy groups -OCH3 is 1. The second-order valence-corrected chi connectivity index (χ2v) is 5.04. The lowest BCUT2D eigenvalue weighted by atomic mass is 10.3. The molecule has 0 rings (SSSR count). The predicted octanol–water partition coefficient (Wildman–Crippen LogP) is 0.803. The van der Waals surface area contributed by atoms with Crippen molar-refractivity contribution in [2.24, 2.45) is 0 Å². The molecule has 0 aliphatic rings. The third-order valence-electron chi connectivity index (χ3n) is 2.66. The number of rotatable bonds is 11. The molecule has 1 amide bonds. The molecule has 0 heterocycles. The van der Waals surface area contributed by atoms with Gasteiger partial charge in [0.05, 0.1) is 19.8 Å². The Morgan fingerprint density at radius 2 is 1.95 bits per heavy atom. The summed E-state index contributed by atoms with van der Waals surface area (Å²) in [6, 6.07) is 0. The van der Waals surface area contributed by atoms with Crippen LogP contribution < -0.4 is 5.32 Å². The van der Waals surface area contributed by atoms with Crippen molar-refractivity contribution in [1.82, 2.24) is 10.2 Å². The molecule has 0 aromatic rings. The van der Waals surface area contributed by atoms with Gasteiger partial charge < -0.3 is 14.8 Å². The lowest BCUT2D eigenvalue weighted by molar-refractivity contribution is -0.140. The van der Waals surface area contributed by atoms with Crippen molar-refractivity contribution in [3.05, 3.63) is 0 Å². The Kier molecular flexibility index (Phi) is 11.0. The fourth-order valence-electron chi connectivity index (χ4n) is 1.59. The van der Waals surface area contributed by atoms with Crippen molar-refractivity contribution in [3.8, 4) is 0 Å². The van der Waals surface area contributed by atoms with Gasteiger partial charge in [-0.15, -0.1) is 0 Å². The van der Waals surface area contributed by atoms with Crippen molar-refractivity contribution < 1.29 is 19.1 Å². The summed E-state index contributed by atoms with van der Waals surface area (Å²) in [7, 11) is 3.24. The van der Waals surface area contributed by atoms with Crippen LogP contribution in [0.25, 0.3) is 0 Å². The Morgan fingerprint density at radius 3 is 2.55 bits per heavy atom. The average molecular weight is 288 g/mol. The van der Waals surface area contributed by atoms with Gasteiger partial charge in [0.15, 0.2) is 0 Å². The standard InChI is InChI=1S/C14H28N2O4/c1-12(2)20-10-6-8-15-13(17)11-16(3)9-5-7-14(18)19-4/h12H,5-11H2,1-4H3,(H,15,17). The second kappa shape index (κ2) is 11.7. The number of nitrogens with zero attached hydrogens (tertiary/aromatic N) is 1. The molecule has 6 nitrogen and oxygen atoms in total. The van der Waals surface area contributed by atoms with E-state index in [4.69, 9.17) is 4.74 Å². The van der Waals surface area contributed by atoms with Gasteiger partial charge in [-0.3, -0.25) is 14.5 Å². The van der Waals surface area contributed by atoms with Gasteiger partial charge in [-0.05, 0) is 40.3 Å². The van der Waals surface area contributed by atoms with E-state index in [1.165, 1.54) is 7.11 Å². The molecule has 0 aliphatic heterocycles. The zero-order valence-corrected chi connectivity index (χ0v) is 13.1. The van der Waals surface area contributed by atoms with Gasteiger partial charge in [0, 0.05) is 19.6 Å². The van der Waals surface area contributed by atoms with E-state index in [0.717, 1.165) is 6.42 Å². The van der Waals surface area contributed by atoms with Crippen LogP contribution >= 0.6 is 0 Å². The summed E-state index contributed by atoms with van der Waals surface area (Å²) < 4.78 is 9.94. The van der Waals surface area contributed by atoms with Crippen molar-refractivity contribution in [2.75, 3.05) is 40.4 Å². The molecule has 0 fully saturated rings. The summed E-state index contributed by atoms with van der Waals surface area (Å²) in [5.74, 6) is -0.219. The molecule has 20 heavy (non-hydrogen) atoms. The van der Waals surface area contributed by atoms with E-state index in [2.05, 4.69) is 10.1 Å². The van der Waals surface area contributed by atoms with Gasteiger partial charge in [0.1, 0.15) is 0 Å². The van der Waals surface area contributed by atoms with Crippen LogP contribution in [-0.2, 0) is 19.1 Å². The highest BCUT2D eigenvalue weighted by Crippen LogP contribution is 1.95. The number of likely N-dealkylation sites (N-methyl/N-ethyl adjacent to an activating group) is 1. The monoisotopic (exact) mass is 288 g/mol. The minimum Gasteiger partial charge on any atom is -0.469 e. The summed E-state index contributed by atoms with van der Waals surface area (Å²) in [4.78, 5) is 24.4. The largest absolute Gasteiger partial charge is 0.469 e. The van der Waals surface area contributed by atoms with E-state index in [1.807, 2.05) is 25.8 Å². The zero-order valence-electron chi connectivity index (χ0n) is 13.1. The SMILES string of the molecule is COC(=O)CCCN(C)CC(=O)NCCCOC(C)C. The first-order valence-electron chi connectivity index (χ1n) is 7.09. The normalized spacial score (nSPS) is 10.9. The van der Waals surface area contributed by atoms with Gasteiger partial charge in [-0.25, -0.2) is 0 Å². The molecule has 0 unspecified atom stereocenters. The fraction of sp³-hybridized carbons (Fsp3) is 0.857. The lowest BCUT2D eigenvalue weighted by Crippen LogP contribution is -2.36.